The van der Waals surface area contributed by atoms with Crippen molar-refractivity contribution in [3.63, 3.8) is 0 Å². The van der Waals surface area contributed by atoms with E-state index in [1.54, 1.807) is 31.2 Å². The summed E-state index contributed by atoms with van der Waals surface area (Å²) in [7, 11) is 0. The molecule has 0 radical (unpaired) electrons. The Morgan fingerprint density at radius 2 is 1.63 bits per heavy atom. The van der Waals surface area contributed by atoms with E-state index in [2.05, 4.69) is 5.16 Å². The summed E-state index contributed by atoms with van der Waals surface area (Å²) >= 11 is 12.3. The second-order valence-electron chi connectivity index (χ2n) is 8.76. The molecule has 0 bridgehead atoms. The van der Waals surface area contributed by atoms with Crippen LogP contribution in [0.4, 0.5) is 0 Å². The minimum atomic E-state index is -1.10. The van der Waals surface area contributed by atoms with Crippen LogP contribution in [0, 0.1) is 11.8 Å². The molecule has 1 heterocycles. The number of benzene rings is 3. The van der Waals surface area contributed by atoms with Crippen molar-refractivity contribution in [2.24, 2.45) is 17.0 Å². The van der Waals surface area contributed by atoms with E-state index in [1.165, 1.54) is 0 Å². The van der Waals surface area contributed by atoms with Gasteiger partial charge >= 0.3 is 5.97 Å². The number of esters is 1. The SMILES string of the molecule is CCOC(=O)C1C(=O)[C@H]2C(c3ccccc3)=NO[C@]2(c2ccc(Cl)cc2)CC1c1ccc(Cl)cc1. The molecule has 3 aromatic rings. The number of ketones is 1. The zero-order chi connectivity index (χ0) is 24.6. The topological polar surface area (TPSA) is 65.0 Å². The smallest absolute Gasteiger partial charge is 0.317 e. The molecule has 1 saturated carbocycles. The highest BCUT2D eigenvalue weighted by Gasteiger charge is 2.63. The van der Waals surface area contributed by atoms with Crippen LogP contribution in [-0.4, -0.2) is 24.1 Å². The molecular weight excluding hydrogens is 485 g/mol. The molecule has 0 amide bonds. The molecule has 2 unspecified atom stereocenters. The van der Waals surface area contributed by atoms with Gasteiger partial charge in [0.05, 0.1) is 6.61 Å². The Morgan fingerprint density at radius 1 is 1.00 bits per heavy atom. The third-order valence-electron chi connectivity index (χ3n) is 6.80. The summed E-state index contributed by atoms with van der Waals surface area (Å²) in [6.45, 7) is 1.91. The Kier molecular flexibility index (Phi) is 6.39. The highest BCUT2D eigenvalue weighted by Crippen LogP contribution is 2.55. The van der Waals surface area contributed by atoms with Gasteiger partial charge in [-0.3, -0.25) is 9.59 Å². The molecule has 1 fully saturated rings. The first-order chi connectivity index (χ1) is 16.9. The van der Waals surface area contributed by atoms with Crippen LogP contribution in [0.5, 0.6) is 0 Å². The number of hydrogen-bond acceptors (Lipinski definition) is 5. The van der Waals surface area contributed by atoms with E-state index in [0.717, 1.165) is 16.7 Å². The van der Waals surface area contributed by atoms with Crippen molar-refractivity contribution in [1.29, 1.82) is 0 Å². The monoisotopic (exact) mass is 507 g/mol. The summed E-state index contributed by atoms with van der Waals surface area (Å²) in [4.78, 5) is 33.7. The van der Waals surface area contributed by atoms with Crippen molar-refractivity contribution in [2.45, 2.75) is 24.9 Å². The number of Topliss-reactive ketones (excluding diaryl/α,β-unsaturated/α-hetero) is 1. The zero-order valence-electron chi connectivity index (χ0n) is 19.0. The molecular formula is C28H23Cl2NO4. The van der Waals surface area contributed by atoms with Gasteiger partial charge in [0, 0.05) is 27.9 Å². The molecule has 4 atom stereocenters. The molecule has 1 aliphatic carbocycles. The molecule has 35 heavy (non-hydrogen) atoms. The van der Waals surface area contributed by atoms with Crippen LogP contribution in [0.3, 0.4) is 0 Å². The maximum Gasteiger partial charge on any atom is 0.317 e. The number of carbonyl (C=O) groups is 2. The molecule has 178 valence electrons. The lowest BCUT2D eigenvalue weighted by atomic mass is 9.59. The minimum absolute atomic E-state index is 0.180. The van der Waals surface area contributed by atoms with E-state index in [4.69, 9.17) is 32.8 Å². The summed E-state index contributed by atoms with van der Waals surface area (Å²) < 4.78 is 5.39. The number of halogens is 2. The normalized spacial score (nSPS) is 25.4. The van der Waals surface area contributed by atoms with Crippen molar-refractivity contribution >= 4 is 40.7 Å². The van der Waals surface area contributed by atoms with Crippen molar-refractivity contribution in [1.82, 2.24) is 0 Å². The van der Waals surface area contributed by atoms with Crippen LogP contribution in [0.2, 0.25) is 10.0 Å². The van der Waals surface area contributed by atoms with Gasteiger partial charge in [0.25, 0.3) is 0 Å². The number of ether oxygens (including phenoxy) is 1. The first kappa shape index (κ1) is 23.6. The average molecular weight is 508 g/mol. The van der Waals surface area contributed by atoms with Gasteiger partial charge in [-0.05, 0) is 42.3 Å². The van der Waals surface area contributed by atoms with Crippen molar-refractivity contribution in [2.75, 3.05) is 6.61 Å². The molecule has 3 aromatic carbocycles. The van der Waals surface area contributed by atoms with Gasteiger partial charge in [0.2, 0.25) is 0 Å². The van der Waals surface area contributed by atoms with Gasteiger partial charge in [-0.2, -0.15) is 0 Å². The van der Waals surface area contributed by atoms with Crippen molar-refractivity contribution < 1.29 is 19.2 Å². The molecule has 0 spiro atoms. The Morgan fingerprint density at radius 3 is 2.26 bits per heavy atom. The largest absolute Gasteiger partial charge is 0.465 e. The fourth-order valence-electron chi connectivity index (χ4n) is 5.23. The molecule has 7 heteroatoms. The zero-order valence-corrected chi connectivity index (χ0v) is 20.5. The van der Waals surface area contributed by atoms with Gasteiger partial charge in [-0.1, -0.05) is 83.0 Å². The van der Waals surface area contributed by atoms with E-state index in [9.17, 15) is 9.59 Å². The number of fused-ring (bicyclic) bond motifs is 1. The first-order valence-corrected chi connectivity index (χ1v) is 12.2. The molecule has 2 aliphatic rings. The molecule has 1 aliphatic heterocycles. The van der Waals surface area contributed by atoms with Gasteiger partial charge in [-0.25, -0.2) is 0 Å². The van der Waals surface area contributed by atoms with Crippen molar-refractivity contribution in [3.8, 4) is 0 Å². The predicted octanol–water partition coefficient (Wildman–Crippen LogP) is 6.18. The number of carbonyl (C=O) groups excluding carboxylic acids is 2. The quantitative estimate of drug-likeness (QED) is 0.305. The number of oxime groups is 1. The lowest BCUT2D eigenvalue weighted by Crippen LogP contribution is -2.53. The minimum Gasteiger partial charge on any atom is -0.465 e. The number of rotatable bonds is 5. The lowest BCUT2D eigenvalue weighted by molar-refractivity contribution is -0.162. The van der Waals surface area contributed by atoms with Gasteiger partial charge in [0.1, 0.15) is 17.5 Å². The predicted molar refractivity (Wildman–Crippen MR) is 135 cm³/mol. The van der Waals surface area contributed by atoms with Gasteiger partial charge in [0.15, 0.2) is 11.4 Å². The average Bonchev–Trinajstić information content (AvgIpc) is 3.26. The third kappa shape index (κ3) is 4.13. The number of nitrogens with zero attached hydrogens (tertiary/aromatic N) is 1. The highest BCUT2D eigenvalue weighted by atomic mass is 35.5. The van der Waals surface area contributed by atoms with Crippen LogP contribution in [0.25, 0.3) is 0 Å². The Bertz CT molecular complexity index is 1270. The van der Waals surface area contributed by atoms with Crippen molar-refractivity contribution in [3.05, 3.63) is 106 Å². The molecule has 5 nitrogen and oxygen atoms in total. The lowest BCUT2D eigenvalue weighted by Gasteiger charge is -2.43. The van der Waals surface area contributed by atoms with Crippen LogP contribution in [-0.2, 0) is 24.8 Å². The molecule has 5 rings (SSSR count). The van der Waals surface area contributed by atoms with Crippen LogP contribution >= 0.6 is 23.2 Å². The summed E-state index contributed by atoms with van der Waals surface area (Å²) in [5.41, 5.74) is 1.77. The second-order valence-corrected chi connectivity index (χ2v) is 9.63. The van der Waals surface area contributed by atoms with Gasteiger partial charge in [-0.15, -0.1) is 0 Å². The van der Waals surface area contributed by atoms with E-state index in [0.29, 0.717) is 22.2 Å². The fraction of sp³-hybridized carbons (Fsp3) is 0.250. The second kappa shape index (κ2) is 9.48. The van der Waals surface area contributed by atoms with E-state index in [1.807, 2.05) is 54.6 Å². The Balaban J connectivity index is 1.68. The maximum absolute atomic E-state index is 14.3. The Hall–Kier alpha value is -3.15. The highest BCUT2D eigenvalue weighted by molar-refractivity contribution is 6.30. The van der Waals surface area contributed by atoms with Gasteiger partial charge < -0.3 is 9.57 Å². The molecule has 0 saturated heterocycles. The maximum atomic E-state index is 14.3. The third-order valence-corrected chi connectivity index (χ3v) is 7.31. The standard InChI is InChI=1S/C28H23Cl2NO4/c1-2-34-27(33)23-22(17-8-12-20(29)13-9-17)16-28(19-10-14-21(30)15-11-19)24(26(23)32)25(31-35-28)18-6-4-3-5-7-18/h3-15,22-24H,2,16H2,1H3/t22?,23?,24-,28+/m1/s1. The van der Waals surface area contributed by atoms with Crippen LogP contribution in [0.15, 0.2) is 84.0 Å². The summed E-state index contributed by atoms with van der Waals surface area (Å²) in [5, 5.41) is 5.59. The molecule has 0 N–H and O–H groups in total. The fourth-order valence-corrected chi connectivity index (χ4v) is 5.48. The summed E-state index contributed by atoms with van der Waals surface area (Å²) in [5.74, 6) is -3.09. The van der Waals surface area contributed by atoms with Crippen LogP contribution < -0.4 is 0 Å². The number of hydrogen-bond donors (Lipinski definition) is 0. The van der Waals surface area contributed by atoms with E-state index in [-0.39, 0.29) is 12.4 Å². The molecule has 0 aromatic heterocycles. The summed E-state index contributed by atoms with van der Waals surface area (Å²) in [6, 6.07) is 23.9. The van der Waals surface area contributed by atoms with E-state index < -0.39 is 29.3 Å². The summed E-state index contributed by atoms with van der Waals surface area (Å²) in [6.07, 6.45) is 0.343. The first-order valence-electron chi connectivity index (χ1n) is 11.5. The van der Waals surface area contributed by atoms with E-state index >= 15 is 0 Å². The van der Waals surface area contributed by atoms with Crippen LogP contribution in [0.1, 0.15) is 36.0 Å². The Labute approximate surface area is 213 Å².